The Hall–Kier alpha value is 0.0800. The van der Waals surface area contributed by atoms with Gasteiger partial charge in [-0.05, 0) is 60.2 Å². The molecule has 324 valence electrons. The Morgan fingerprint density at radius 3 is 1.66 bits per heavy atom. The van der Waals surface area contributed by atoms with Crippen molar-refractivity contribution in [2.75, 3.05) is 26.4 Å². The summed E-state index contributed by atoms with van der Waals surface area (Å²) in [6, 6.07) is -0.688. The van der Waals surface area contributed by atoms with E-state index in [4.69, 9.17) is 14.2 Å². The zero-order chi connectivity index (χ0) is 39.5. The van der Waals surface area contributed by atoms with Crippen LogP contribution in [0.15, 0.2) is 0 Å². The van der Waals surface area contributed by atoms with Crippen LogP contribution in [0.2, 0.25) is 0 Å². The van der Waals surface area contributed by atoms with Crippen LogP contribution in [0.4, 0.5) is 0 Å². The Morgan fingerprint density at radius 1 is 0.661 bits per heavy atom. The van der Waals surface area contributed by atoms with Crippen molar-refractivity contribution < 1.29 is 44.8 Å². The van der Waals surface area contributed by atoms with Crippen LogP contribution in [0.25, 0.3) is 0 Å². The topological polar surface area (TPSA) is 161 Å². The first kappa shape index (κ1) is 44.1. The van der Waals surface area contributed by atoms with Gasteiger partial charge in [0.15, 0.2) is 6.29 Å². The molecule has 0 amide bonds. The number of aliphatic hydroxyl groups is 6. The van der Waals surface area contributed by atoms with Gasteiger partial charge in [-0.15, -0.1) is 0 Å². The number of aliphatic hydroxyl groups excluding tert-OH is 6. The van der Waals surface area contributed by atoms with Crippen molar-refractivity contribution >= 4 is 15.9 Å². The SMILES string of the molecule is CCCCCCCCCCCCCC[C@@H](O)[C@@H](O)[C@H](COC1OC(CO)C(O)C(O)C1O)NC1(CCCCCCCCCCC23C4C5C2C2C3C4C52Br)COC1. The maximum Gasteiger partial charge on any atom is 0.186 e. The Bertz CT molecular complexity index is 1170. The number of hydrogen-bond acceptors (Lipinski definition) is 10. The van der Waals surface area contributed by atoms with Gasteiger partial charge in [0.25, 0.3) is 0 Å². The molecule has 2 aliphatic heterocycles. The van der Waals surface area contributed by atoms with E-state index in [0.717, 1.165) is 79.4 Å². The summed E-state index contributed by atoms with van der Waals surface area (Å²) in [6.45, 7) is 2.61. The quantitative estimate of drug-likeness (QED) is 0.0310. The van der Waals surface area contributed by atoms with Gasteiger partial charge < -0.3 is 44.8 Å². The fourth-order valence-corrected chi connectivity index (χ4v) is 15.1. The van der Waals surface area contributed by atoms with E-state index in [-0.39, 0.29) is 12.1 Å². The highest BCUT2D eigenvalue weighted by atomic mass is 79.9. The van der Waals surface area contributed by atoms with Crippen LogP contribution in [0.3, 0.4) is 0 Å². The summed E-state index contributed by atoms with van der Waals surface area (Å²) < 4.78 is 17.9. The molecule has 0 radical (unpaired) electrons. The molecular formula is C45H78BrNO9. The maximum atomic E-state index is 11.5. The number of halogens is 1. The van der Waals surface area contributed by atoms with E-state index in [1.807, 2.05) is 0 Å². The van der Waals surface area contributed by atoms with Crippen molar-refractivity contribution in [2.45, 2.75) is 213 Å². The van der Waals surface area contributed by atoms with Gasteiger partial charge in [0.05, 0.1) is 50.2 Å². The minimum atomic E-state index is -1.55. The molecule has 8 atom stereocenters. The first-order chi connectivity index (χ1) is 27.2. The molecule has 8 aliphatic rings. The molecule has 11 heteroatoms. The van der Waals surface area contributed by atoms with Crippen molar-refractivity contribution in [1.82, 2.24) is 5.32 Å². The zero-order valence-electron chi connectivity index (χ0n) is 34.5. The van der Waals surface area contributed by atoms with Crippen LogP contribution in [0, 0.1) is 40.9 Å². The van der Waals surface area contributed by atoms with E-state index in [9.17, 15) is 30.6 Å². The molecule has 0 bridgehead atoms. The number of hydrogen-bond donors (Lipinski definition) is 7. The monoisotopic (exact) mass is 855 g/mol. The second kappa shape index (κ2) is 19.4. The fourth-order valence-electron chi connectivity index (χ4n) is 13.4. The Balaban J connectivity index is 0.789. The highest BCUT2D eigenvalue weighted by Crippen LogP contribution is 3.09. The molecule has 5 unspecified atom stereocenters. The Kier molecular flexibility index (Phi) is 15.3. The molecule has 0 aromatic rings. The smallest absolute Gasteiger partial charge is 0.186 e. The van der Waals surface area contributed by atoms with Crippen molar-refractivity contribution in [3.63, 3.8) is 0 Å². The predicted molar refractivity (Wildman–Crippen MR) is 219 cm³/mol. The number of rotatable bonds is 32. The molecule has 0 aromatic heterocycles. The lowest BCUT2D eigenvalue weighted by atomic mass is 8.96. The molecule has 6 aliphatic carbocycles. The highest BCUT2D eigenvalue weighted by molar-refractivity contribution is 9.10. The van der Waals surface area contributed by atoms with E-state index < -0.39 is 55.6 Å². The summed E-state index contributed by atoms with van der Waals surface area (Å²) in [6.07, 6.45) is 18.7. The van der Waals surface area contributed by atoms with Gasteiger partial charge in [0, 0.05) is 4.32 Å². The lowest BCUT2D eigenvalue weighted by molar-refractivity contribution is -0.595. The predicted octanol–water partition coefficient (Wildman–Crippen LogP) is 6.13. The second-order valence-electron chi connectivity index (χ2n) is 19.7. The first-order valence-corrected chi connectivity index (χ1v) is 24.3. The van der Waals surface area contributed by atoms with Gasteiger partial charge in [-0.3, -0.25) is 5.32 Å². The van der Waals surface area contributed by atoms with E-state index in [2.05, 4.69) is 28.2 Å². The molecule has 0 spiro atoms. The molecule has 2 heterocycles. The summed E-state index contributed by atoms with van der Waals surface area (Å²) in [5.74, 6) is 6.56. The van der Waals surface area contributed by atoms with Crippen molar-refractivity contribution in [3.8, 4) is 0 Å². The molecule has 0 aromatic carbocycles. The standard InChI is InChI=1S/C45H78BrNO9/c1-2-3-4-5-6-7-8-9-10-13-16-19-22-30(49)38(50)29(26-55-42-41(53)40(52)39(51)31(25-48)56-42)47-43(27-54-28-43)23-20-17-14-11-12-15-18-21-24-44-32-35-33(44)37-34(44)36(32)45(35,37)46/h29-42,47-53H,2-28H2,1H3/t29-,30+,31?,32?,33?,34?,35?,36?,37?,38-,39?,40?,41?,42?,44?,45?/m0/s1. The summed E-state index contributed by atoms with van der Waals surface area (Å²) in [5, 5.41) is 67.0. The van der Waals surface area contributed by atoms with Gasteiger partial charge in [0.2, 0.25) is 0 Å². The molecule has 2 saturated heterocycles. The van der Waals surface area contributed by atoms with Crippen LogP contribution in [0.1, 0.15) is 155 Å². The van der Waals surface area contributed by atoms with Crippen molar-refractivity contribution in [1.29, 1.82) is 0 Å². The van der Waals surface area contributed by atoms with Crippen molar-refractivity contribution in [2.24, 2.45) is 40.9 Å². The van der Waals surface area contributed by atoms with Crippen LogP contribution in [-0.2, 0) is 14.2 Å². The molecule has 7 N–H and O–H groups in total. The molecule has 8 fully saturated rings. The molecule has 8 rings (SSSR count). The molecule has 10 nitrogen and oxygen atoms in total. The minimum Gasteiger partial charge on any atom is -0.394 e. The maximum absolute atomic E-state index is 11.5. The van der Waals surface area contributed by atoms with Gasteiger partial charge >= 0.3 is 0 Å². The molecule has 6 saturated carbocycles. The molecule has 56 heavy (non-hydrogen) atoms. The number of unbranched alkanes of at least 4 members (excludes halogenated alkanes) is 18. The third-order valence-corrected chi connectivity index (χ3v) is 18.0. The summed E-state index contributed by atoms with van der Waals surface area (Å²) in [7, 11) is 0. The lowest BCUT2D eigenvalue weighted by Crippen LogP contribution is -3.11. The van der Waals surface area contributed by atoms with Crippen LogP contribution in [-0.4, -0.2) is 116 Å². The Morgan fingerprint density at radius 2 is 1.16 bits per heavy atom. The molecular weight excluding hydrogens is 778 g/mol. The van der Waals surface area contributed by atoms with Crippen LogP contribution in [0.5, 0.6) is 0 Å². The first-order valence-electron chi connectivity index (χ1n) is 23.5. The van der Waals surface area contributed by atoms with Gasteiger partial charge in [-0.2, -0.15) is 0 Å². The third-order valence-electron chi connectivity index (χ3n) is 16.4. The summed E-state index contributed by atoms with van der Waals surface area (Å²) in [4.78, 5) is 0. The van der Waals surface area contributed by atoms with E-state index >= 15 is 0 Å². The van der Waals surface area contributed by atoms with Gasteiger partial charge in [-0.25, -0.2) is 0 Å². The Labute approximate surface area is 345 Å². The van der Waals surface area contributed by atoms with E-state index in [1.165, 1.54) is 103 Å². The van der Waals surface area contributed by atoms with Gasteiger partial charge in [0.1, 0.15) is 24.4 Å². The van der Waals surface area contributed by atoms with Crippen LogP contribution >= 0.6 is 15.9 Å². The second-order valence-corrected chi connectivity index (χ2v) is 21.1. The van der Waals surface area contributed by atoms with Crippen LogP contribution < -0.4 is 5.32 Å². The third kappa shape index (κ3) is 8.11. The zero-order valence-corrected chi connectivity index (χ0v) is 36.0. The number of nitrogens with one attached hydrogen (secondary N) is 1. The van der Waals surface area contributed by atoms with E-state index in [1.54, 1.807) is 0 Å². The van der Waals surface area contributed by atoms with E-state index in [0.29, 0.717) is 24.0 Å². The minimum absolute atomic E-state index is 0.108. The summed E-state index contributed by atoms with van der Waals surface area (Å²) >= 11 is 4.10. The summed E-state index contributed by atoms with van der Waals surface area (Å²) in [5.41, 5.74) is 0.480. The highest BCUT2D eigenvalue weighted by Gasteiger charge is 3.08. The van der Waals surface area contributed by atoms with Crippen molar-refractivity contribution in [3.05, 3.63) is 0 Å². The lowest BCUT2D eigenvalue weighted by Gasteiger charge is -3.11. The van der Waals surface area contributed by atoms with Gasteiger partial charge in [-0.1, -0.05) is 151 Å². The number of alkyl halides is 1. The average Bonchev–Trinajstić information content (AvgIpc) is 3.19. The normalized spacial score (nSPS) is 40.6. The number of ether oxygens (including phenoxy) is 3. The fraction of sp³-hybridized carbons (Fsp3) is 1.00. The largest absolute Gasteiger partial charge is 0.394 e. The average molecular weight is 857 g/mol.